The van der Waals surface area contributed by atoms with Gasteiger partial charge in [-0.1, -0.05) is 70.1 Å². The normalized spacial score (nSPS) is 11.1. The minimum absolute atomic E-state index is 0. The van der Waals surface area contributed by atoms with Gasteiger partial charge in [0.25, 0.3) is 10.1 Å². The van der Waals surface area contributed by atoms with Crippen LogP contribution in [0.1, 0.15) is 63.9 Å². The number of aryl methyl sites for hydroxylation is 1. The van der Waals surface area contributed by atoms with Crippen LogP contribution in [0.2, 0.25) is 0 Å². The fourth-order valence-corrected chi connectivity index (χ4v) is 3.73. The summed E-state index contributed by atoms with van der Waals surface area (Å²) in [4.78, 5) is -0.416. The van der Waals surface area contributed by atoms with Crippen LogP contribution in [0.15, 0.2) is 47.4 Å². The van der Waals surface area contributed by atoms with E-state index < -0.39 is 20.8 Å². The molecule has 2 rings (SSSR count). The van der Waals surface area contributed by atoms with Gasteiger partial charge >= 0.3 is 51.4 Å². The van der Waals surface area contributed by atoms with Crippen LogP contribution in [0, 0.1) is 0 Å². The molecule has 0 aliphatic rings. The smallest absolute Gasteiger partial charge is 0.872 e. The number of ether oxygens (including phenoxy) is 1. The number of hydrogen-bond donors (Lipinski definition) is 1. The van der Waals surface area contributed by atoms with E-state index in [-0.39, 0.29) is 57.1 Å². The fraction of sp³-hybridized carbons (Fsp3) is 0.455. The van der Waals surface area contributed by atoms with Gasteiger partial charge in [-0.15, -0.1) is 5.75 Å². The van der Waals surface area contributed by atoms with E-state index >= 15 is 0 Å². The summed E-state index contributed by atoms with van der Waals surface area (Å²) >= 11 is 0. The molecule has 5 nitrogen and oxygen atoms in total. The second-order valence-corrected chi connectivity index (χ2v) is 8.45. The summed E-state index contributed by atoms with van der Waals surface area (Å²) < 4.78 is 37.9. The zero-order valence-electron chi connectivity index (χ0n) is 17.4. The molecule has 0 bridgehead atoms. The zero-order valence-corrected chi connectivity index (χ0v) is 21.3. The SMILES string of the molecule is CCCCCCCCCCc1cccc(Oc2cc([O-])ccc2S(=O)(=O)O)c1.[K+]. The van der Waals surface area contributed by atoms with E-state index in [1.807, 2.05) is 18.2 Å². The molecule has 0 aliphatic heterocycles. The van der Waals surface area contributed by atoms with Gasteiger partial charge in [-0.05, 0) is 42.7 Å². The molecule has 0 radical (unpaired) electrons. The predicted octanol–water partition coefficient (Wildman–Crippen LogP) is 2.49. The molecule has 2 aromatic rings. The second kappa shape index (κ2) is 13.8. The summed E-state index contributed by atoms with van der Waals surface area (Å²) in [5, 5.41) is 11.6. The van der Waals surface area contributed by atoms with Crippen LogP contribution < -0.4 is 61.2 Å². The molecule has 0 unspecified atom stereocenters. The maximum atomic E-state index is 11.6. The Hall–Kier alpha value is -0.414. The summed E-state index contributed by atoms with van der Waals surface area (Å²) in [7, 11) is -4.47. The molecule has 1 N–H and O–H groups in total. The van der Waals surface area contributed by atoms with Crippen molar-refractivity contribution in [1.82, 2.24) is 0 Å². The van der Waals surface area contributed by atoms with E-state index in [1.54, 1.807) is 6.07 Å². The van der Waals surface area contributed by atoms with Gasteiger partial charge in [-0.3, -0.25) is 4.55 Å². The Kier molecular flexibility index (Phi) is 12.7. The van der Waals surface area contributed by atoms with Crippen LogP contribution in [0.5, 0.6) is 17.2 Å². The minimum atomic E-state index is -4.47. The van der Waals surface area contributed by atoms with Gasteiger partial charge in [-0.25, -0.2) is 0 Å². The topological polar surface area (TPSA) is 86.7 Å². The molecule has 154 valence electrons. The van der Waals surface area contributed by atoms with E-state index in [2.05, 4.69) is 6.92 Å². The van der Waals surface area contributed by atoms with Gasteiger partial charge in [0.15, 0.2) is 0 Å². The van der Waals surface area contributed by atoms with E-state index in [9.17, 15) is 18.1 Å². The summed E-state index contributed by atoms with van der Waals surface area (Å²) in [6.07, 6.45) is 10.9. The number of unbranched alkanes of at least 4 members (excludes halogenated alkanes) is 7. The van der Waals surface area contributed by atoms with Crippen molar-refractivity contribution in [2.75, 3.05) is 0 Å². The summed E-state index contributed by atoms with van der Waals surface area (Å²) in [5.41, 5.74) is 1.09. The van der Waals surface area contributed by atoms with Crippen molar-refractivity contribution in [3.8, 4) is 17.2 Å². The number of hydrogen-bond acceptors (Lipinski definition) is 4. The average Bonchev–Trinajstić information content (AvgIpc) is 2.63. The Balaban J connectivity index is 0.00000420. The molecule has 0 heterocycles. The Morgan fingerprint density at radius 1 is 0.931 bits per heavy atom. The third-order valence-electron chi connectivity index (χ3n) is 4.64. The maximum Gasteiger partial charge on any atom is 1.00 e. The Bertz CT molecular complexity index is 852. The van der Waals surface area contributed by atoms with Gasteiger partial charge in [0.1, 0.15) is 16.4 Å². The van der Waals surface area contributed by atoms with Crippen molar-refractivity contribution in [2.45, 2.75) is 69.6 Å². The molecule has 7 heteroatoms. The van der Waals surface area contributed by atoms with Crippen LogP contribution in [0.4, 0.5) is 0 Å². The molecule has 0 aliphatic carbocycles. The van der Waals surface area contributed by atoms with E-state index in [4.69, 9.17) is 4.74 Å². The first-order valence-corrected chi connectivity index (χ1v) is 11.4. The molecule has 0 spiro atoms. The standard InChI is InChI=1S/C22H30O5S.K/c1-2-3-4-5-6-7-8-9-11-18-12-10-13-20(16-18)27-21-17-19(23)14-15-22(21)28(24,25)26;/h10,12-17,23H,2-9,11H2,1H3,(H,24,25,26);/q;+1/p-1. The quantitative estimate of drug-likeness (QED) is 0.309. The molecule has 2 aromatic carbocycles. The minimum Gasteiger partial charge on any atom is -0.872 e. The van der Waals surface area contributed by atoms with Crippen LogP contribution in [0.3, 0.4) is 0 Å². The Labute approximate surface area is 217 Å². The third-order valence-corrected chi connectivity index (χ3v) is 5.53. The average molecular weight is 445 g/mol. The second-order valence-electron chi connectivity index (χ2n) is 7.06. The third kappa shape index (κ3) is 9.96. The molecular formula is C22H29KO5S. The summed E-state index contributed by atoms with van der Waals surface area (Å²) in [5.74, 6) is -0.121. The molecule has 0 aromatic heterocycles. The van der Waals surface area contributed by atoms with Crippen molar-refractivity contribution in [3.05, 3.63) is 48.0 Å². The molecule has 29 heavy (non-hydrogen) atoms. The first-order chi connectivity index (χ1) is 13.4. The van der Waals surface area contributed by atoms with Crippen LogP contribution in [-0.4, -0.2) is 13.0 Å². The first kappa shape index (κ1) is 26.6. The maximum absolute atomic E-state index is 11.6. The molecule has 0 atom stereocenters. The zero-order chi connectivity index (χ0) is 20.4. The van der Waals surface area contributed by atoms with Gasteiger partial charge in [0.2, 0.25) is 0 Å². The van der Waals surface area contributed by atoms with Gasteiger partial charge < -0.3 is 9.84 Å². The van der Waals surface area contributed by atoms with Crippen LogP contribution >= 0.6 is 0 Å². The van der Waals surface area contributed by atoms with Crippen molar-refractivity contribution >= 4 is 10.1 Å². The van der Waals surface area contributed by atoms with Crippen LogP contribution in [-0.2, 0) is 16.5 Å². The molecule has 0 amide bonds. The monoisotopic (exact) mass is 444 g/mol. The fourth-order valence-electron chi connectivity index (χ4n) is 3.14. The van der Waals surface area contributed by atoms with Crippen LogP contribution in [0.25, 0.3) is 0 Å². The van der Waals surface area contributed by atoms with E-state index in [0.717, 1.165) is 36.6 Å². The van der Waals surface area contributed by atoms with Crippen molar-refractivity contribution in [1.29, 1.82) is 0 Å². The Morgan fingerprint density at radius 3 is 2.24 bits per heavy atom. The van der Waals surface area contributed by atoms with E-state index in [1.165, 1.54) is 44.9 Å². The van der Waals surface area contributed by atoms with Crippen molar-refractivity contribution in [2.24, 2.45) is 0 Å². The predicted molar refractivity (Wildman–Crippen MR) is 109 cm³/mol. The van der Waals surface area contributed by atoms with Gasteiger partial charge in [-0.2, -0.15) is 8.42 Å². The largest absolute Gasteiger partial charge is 1.00 e. The Morgan fingerprint density at radius 2 is 1.59 bits per heavy atom. The van der Waals surface area contributed by atoms with Crippen molar-refractivity contribution < 1.29 is 74.2 Å². The molecule has 0 saturated heterocycles. The van der Waals surface area contributed by atoms with Crippen molar-refractivity contribution in [3.63, 3.8) is 0 Å². The number of benzene rings is 2. The van der Waals surface area contributed by atoms with E-state index in [0.29, 0.717) is 5.75 Å². The van der Waals surface area contributed by atoms with Gasteiger partial charge in [0, 0.05) is 0 Å². The summed E-state index contributed by atoms with van der Waals surface area (Å²) in [6.45, 7) is 2.22. The molecular weight excluding hydrogens is 415 g/mol. The van der Waals surface area contributed by atoms with Gasteiger partial charge in [0.05, 0.1) is 0 Å². The molecule has 0 fully saturated rings. The first-order valence-electron chi connectivity index (χ1n) is 9.95. The molecule has 0 saturated carbocycles. The number of rotatable bonds is 12. The summed E-state index contributed by atoms with van der Waals surface area (Å²) in [6, 6.07) is 10.6.